The van der Waals surface area contributed by atoms with Crippen molar-refractivity contribution in [3.8, 4) is 5.75 Å². The Bertz CT molecular complexity index is 682. The van der Waals surface area contributed by atoms with E-state index in [4.69, 9.17) is 0 Å². The molecule has 0 spiro atoms. The van der Waals surface area contributed by atoms with E-state index in [1.165, 1.54) is 6.07 Å². The number of hydrogen-bond acceptors (Lipinski definition) is 4. The molecular formula is C10H7Br2NO3S2. The van der Waals surface area contributed by atoms with Crippen LogP contribution in [0.3, 0.4) is 0 Å². The van der Waals surface area contributed by atoms with Crippen molar-refractivity contribution in [2.24, 2.45) is 0 Å². The predicted molar refractivity (Wildman–Crippen MR) is 78.6 cm³/mol. The van der Waals surface area contributed by atoms with Crippen molar-refractivity contribution < 1.29 is 13.5 Å². The molecule has 0 atom stereocenters. The first-order valence-corrected chi connectivity index (χ1v) is 8.60. The summed E-state index contributed by atoms with van der Waals surface area (Å²) in [4.78, 5) is 0. The zero-order chi connectivity index (χ0) is 13.3. The highest BCUT2D eigenvalue weighted by atomic mass is 79.9. The minimum atomic E-state index is -3.70. The molecule has 0 aliphatic carbocycles. The van der Waals surface area contributed by atoms with Crippen LogP contribution in [0.1, 0.15) is 0 Å². The second-order valence-electron chi connectivity index (χ2n) is 3.30. The first kappa shape index (κ1) is 13.9. The summed E-state index contributed by atoms with van der Waals surface area (Å²) >= 11 is 7.39. The molecule has 0 amide bonds. The number of sulfonamides is 1. The number of aromatic hydroxyl groups is 1. The molecule has 18 heavy (non-hydrogen) atoms. The maximum atomic E-state index is 12.1. The Labute approximate surface area is 125 Å². The minimum absolute atomic E-state index is 0.129. The number of para-hydroxylation sites is 1. The summed E-state index contributed by atoms with van der Waals surface area (Å²) < 4.78 is 27.6. The van der Waals surface area contributed by atoms with Gasteiger partial charge in [0.15, 0.2) is 9.96 Å². The summed E-state index contributed by atoms with van der Waals surface area (Å²) in [6.45, 7) is 0. The van der Waals surface area contributed by atoms with Crippen molar-refractivity contribution >= 4 is 58.9 Å². The van der Waals surface area contributed by atoms with Crippen LogP contribution >= 0.6 is 43.2 Å². The fourth-order valence-corrected chi connectivity index (χ4v) is 5.03. The van der Waals surface area contributed by atoms with E-state index >= 15 is 0 Å². The van der Waals surface area contributed by atoms with Crippen molar-refractivity contribution in [2.75, 3.05) is 4.72 Å². The van der Waals surface area contributed by atoms with E-state index in [1.807, 2.05) is 0 Å². The predicted octanol–water partition coefficient (Wildman–Crippen LogP) is 3.78. The molecule has 0 aliphatic heterocycles. The van der Waals surface area contributed by atoms with E-state index < -0.39 is 10.0 Å². The van der Waals surface area contributed by atoms with Crippen LogP contribution in [0, 0.1) is 0 Å². The van der Waals surface area contributed by atoms with Crippen LogP contribution in [0.5, 0.6) is 5.75 Å². The first-order chi connectivity index (χ1) is 8.42. The average Bonchev–Trinajstić information content (AvgIpc) is 2.72. The number of rotatable bonds is 3. The Morgan fingerprint density at radius 1 is 1.17 bits per heavy atom. The number of hydrogen-bond donors (Lipinski definition) is 2. The van der Waals surface area contributed by atoms with Crippen molar-refractivity contribution in [1.82, 2.24) is 0 Å². The van der Waals surface area contributed by atoms with Gasteiger partial charge >= 0.3 is 0 Å². The Morgan fingerprint density at radius 3 is 2.50 bits per heavy atom. The van der Waals surface area contributed by atoms with E-state index in [1.54, 1.807) is 23.6 Å². The number of halogens is 2. The number of thiophene rings is 1. The molecule has 2 aromatic rings. The lowest BCUT2D eigenvalue weighted by atomic mass is 10.3. The molecule has 0 radical (unpaired) electrons. The van der Waals surface area contributed by atoms with E-state index in [9.17, 15) is 13.5 Å². The fraction of sp³-hybridized carbons (Fsp3) is 0. The average molecular weight is 413 g/mol. The molecule has 0 bridgehead atoms. The van der Waals surface area contributed by atoms with Gasteiger partial charge in [-0.05, 0) is 55.4 Å². The second kappa shape index (κ2) is 5.20. The maximum absolute atomic E-state index is 12.1. The third kappa shape index (κ3) is 2.71. The zero-order valence-electron chi connectivity index (χ0n) is 8.72. The highest BCUT2D eigenvalue weighted by Gasteiger charge is 2.20. The topological polar surface area (TPSA) is 66.4 Å². The SMILES string of the molecule is O=S(=O)(Nc1cccc(Br)c1O)c1sccc1Br. The van der Waals surface area contributed by atoms with Gasteiger partial charge in [-0.2, -0.15) is 0 Å². The molecule has 4 nitrogen and oxygen atoms in total. The van der Waals surface area contributed by atoms with Crippen LogP contribution in [-0.2, 0) is 10.0 Å². The quantitative estimate of drug-likeness (QED) is 0.753. The highest BCUT2D eigenvalue weighted by Crippen LogP contribution is 2.35. The molecule has 1 aromatic heterocycles. The third-order valence-electron chi connectivity index (χ3n) is 2.06. The van der Waals surface area contributed by atoms with Gasteiger partial charge in [-0.25, -0.2) is 8.42 Å². The molecule has 0 unspecified atom stereocenters. The smallest absolute Gasteiger partial charge is 0.272 e. The van der Waals surface area contributed by atoms with Gasteiger partial charge in [-0.15, -0.1) is 11.3 Å². The summed E-state index contributed by atoms with van der Waals surface area (Å²) in [5.41, 5.74) is 0.129. The Balaban J connectivity index is 2.40. The molecule has 0 saturated heterocycles. The molecule has 2 N–H and O–H groups in total. The van der Waals surface area contributed by atoms with Crippen molar-refractivity contribution in [3.63, 3.8) is 0 Å². The standard InChI is InChI=1S/C10H7Br2NO3S2/c11-6-2-1-3-8(9(6)14)13-18(15,16)10-7(12)4-5-17-10/h1-5,13-14H. The molecule has 96 valence electrons. The number of phenols is 1. The van der Waals surface area contributed by atoms with Crippen molar-refractivity contribution in [1.29, 1.82) is 0 Å². The molecule has 0 fully saturated rings. The molecule has 0 aliphatic rings. The van der Waals surface area contributed by atoms with Gasteiger partial charge in [0, 0.05) is 4.47 Å². The molecular weight excluding hydrogens is 406 g/mol. The number of phenolic OH excluding ortho intramolecular Hbond substituents is 1. The summed E-state index contributed by atoms with van der Waals surface area (Å²) in [7, 11) is -3.70. The summed E-state index contributed by atoms with van der Waals surface area (Å²) in [6, 6.07) is 6.39. The summed E-state index contributed by atoms with van der Waals surface area (Å²) in [5.74, 6) is -0.145. The largest absolute Gasteiger partial charge is 0.505 e. The van der Waals surface area contributed by atoms with Crippen LogP contribution in [-0.4, -0.2) is 13.5 Å². The lowest BCUT2D eigenvalue weighted by Gasteiger charge is -2.09. The maximum Gasteiger partial charge on any atom is 0.272 e. The second-order valence-corrected chi connectivity index (χ2v) is 7.80. The Morgan fingerprint density at radius 2 is 1.89 bits per heavy atom. The minimum Gasteiger partial charge on any atom is -0.505 e. The summed E-state index contributed by atoms with van der Waals surface area (Å²) in [5, 5.41) is 11.4. The van der Waals surface area contributed by atoms with E-state index in [0.29, 0.717) is 8.95 Å². The van der Waals surface area contributed by atoms with Crippen LogP contribution in [0.2, 0.25) is 0 Å². The van der Waals surface area contributed by atoms with Gasteiger partial charge in [0.2, 0.25) is 0 Å². The van der Waals surface area contributed by atoms with E-state index in [2.05, 4.69) is 36.6 Å². The van der Waals surface area contributed by atoms with Crippen LogP contribution < -0.4 is 4.72 Å². The van der Waals surface area contributed by atoms with Gasteiger partial charge in [0.1, 0.15) is 0 Å². The molecule has 8 heteroatoms. The number of nitrogens with one attached hydrogen (secondary N) is 1. The fourth-order valence-electron chi connectivity index (χ4n) is 1.26. The van der Waals surface area contributed by atoms with Gasteiger partial charge in [0.25, 0.3) is 10.0 Å². The monoisotopic (exact) mass is 411 g/mol. The molecule has 1 heterocycles. The third-order valence-corrected chi connectivity index (χ3v) is 6.74. The highest BCUT2D eigenvalue weighted by molar-refractivity contribution is 9.10. The number of anilines is 1. The van der Waals surface area contributed by atoms with Crippen molar-refractivity contribution in [2.45, 2.75) is 4.21 Å². The lowest BCUT2D eigenvalue weighted by molar-refractivity contribution is 0.474. The molecule has 2 rings (SSSR count). The van der Waals surface area contributed by atoms with E-state index in [-0.39, 0.29) is 15.6 Å². The van der Waals surface area contributed by atoms with E-state index in [0.717, 1.165) is 11.3 Å². The van der Waals surface area contributed by atoms with Gasteiger partial charge in [-0.1, -0.05) is 6.07 Å². The molecule has 1 aromatic carbocycles. The molecule has 0 saturated carbocycles. The van der Waals surface area contributed by atoms with Crippen LogP contribution in [0.15, 0.2) is 42.8 Å². The van der Waals surface area contributed by atoms with Gasteiger partial charge < -0.3 is 5.11 Å². The normalized spacial score (nSPS) is 11.4. The lowest BCUT2D eigenvalue weighted by Crippen LogP contribution is -2.12. The first-order valence-electron chi connectivity index (χ1n) is 4.65. The summed E-state index contributed by atoms with van der Waals surface area (Å²) in [6.07, 6.45) is 0. The Kier molecular flexibility index (Phi) is 4.00. The Hall–Kier alpha value is -0.570. The number of benzene rings is 1. The van der Waals surface area contributed by atoms with Gasteiger partial charge in [-0.3, -0.25) is 4.72 Å². The van der Waals surface area contributed by atoms with Crippen LogP contribution in [0.4, 0.5) is 5.69 Å². The van der Waals surface area contributed by atoms with Gasteiger partial charge in [0.05, 0.1) is 10.2 Å². The van der Waals surface area contributed by atoms with Crippen molar-refractivity contribution in [3.05, 3.63) is 38.6 Å². The zero-order valence-corrected chi connectivity index (χ0v) is 13.5. The van der Waals surface area contributed by atoms with Crippen LogP contribution in [0.25, 0.3) is 0 Å².